The predicted molar refractivity (Wildman–Crippen MR) is 183 cm³/mol. The zero-order chi connectivity index (χ0) is 37.0. The average Bonchev–Trinajstić information content (AvgIpc) is 3.58. The molecule has 9 rings (SSSR count). The van der Waals surface area contributed by atoms with E-state index in [-0.39, 0.29) is 38.9 Å². The smallest absolute Gasteiger partial charge is 0.143 e. The fraction of sp³-hybridized carbons (Fsp3) is 0. The quantitative estimate of drug-likeness (QED) is 0.197. The van der Waals surface area contributed by atoms with Crippen molar-refractivity contribution in [3.8, 4) is 33.4 Å². The highest BCUT2D eigenvalue weighted by Crippen LogP contribution is 2.48. The molecule has 0 bridgehead atoms. The summed E-state index contributed by atoms with van der Waals surface area (Å²) in [6.07, 6.45) is 0. The van der Waals surface area contributed by atoms with E-state index >= 15 is 0 Å². The summed E-state index contributed by atoms with van der Waals surface area (Å²) in [5.41, 5.74) is 3.57. The Morgan fingerprint density at radius 2 is 1.02 bits per heavy atom. The van der Waals surface area contributed by atoms with Crippen LogP contribution in [0.25, 0.3) is 87.6 Å². The third-order valence-electron chi connectivity index (χ3n) is 8.14. The third-order valence-corrected chi connectivity index (χ3v) is 8.14. The molecule has 43 heavy (non-hydrogen) atoms. The van der Waals surface area contributed by atoms with Crippen molar-refractivity contribution in [1.82, 2.24) is 0 Å². The summed E-state index contributed by atoms with van der Waals surface area (Å²) in [7, 11) is 0. The number of fused-ring (bicyclic) bond motifs is 7. The second-order valence-electron chi connectivity index (χ2n) is 10.4. The molecule has 0 N–H and O–H groups in total. The third kappa shape index (κ3) is 3.58. The fourth-order valence-corrected chi connectivity index (χ4v) is 6.41. The number of hydrogen-bond donors (Lipinski definition) is 0. The molecule has 200 valence electrons. The molecule has 0 radical (unpaired) electrons. The highest BCUT2D eigenvalue weighted by molar-refractivity contribution is 6.27. The van der Waals surface area contributed by atoms with Gasteiger partial charge >= 0.3 is 0 Å². The second kappa shape index (κ2) is 9.44. The molecule has 0 aliphatic carbocycles. The van der Waals surface area contributed by atoms with Crippen molar-refractivity contribution in [2.24, 2.45) is 0 Å². The van der Waals surface area contributed by atoms with Crippen LogP contribution in [0, 0.1) is 0 Å². The molecule has 0 fully saturated rings. The van der Waals surface area contributed by atoms with E-state index in [0.29, 0.717) is 16.5 Å². The highest BCUT2D eigenvalue weighted by Gasteiger charge is 2.21. The molecule has 0 unspecified atom stereocenters. The molecular formula is C42H26O. The van der Waals surface area contributed by atoms with E-state index in [4.69, 9.17) is 16.8 Å². The predicted octanol–water partition coefficient (Wildman–Crippen LogP) is 12.0. The van der Waals surface area contributed by atoms with Gasteiger partial charge in [0.15, 0.2) is 0 Å². The van der Waals surface area contributed by atoms with Crippen molar-refractivity contribution < 1.29 is 18.1 Å². The molecular weight excluding hydrogens is 520 g/mol. The molecule has 0 spiro atoms. The fourth-order valence-electron chi connectivity index (χ4n) is 6.41. The van der Waals surface area contributed by atoms with Crippen molar-refractivity contribution in [3.63, 3.8) is 0 Å². The van der Waals surface area contributed by atoms with Crippen LogP contribution in [0.1, 0.15) is 13.7 Å². The van der Waals surface area contributed by atoms with Gasteiger partial charge in [-0.2, -0.15) is 0 Å². The number of furan rings is 1. The Bertz CT molecular complexity index is 2970. The summed E-state index contributed by atoms with van der Waals surface area (Å²) in [5.74, 6) is 0. The standard InChI is InChI=1S/C42H26O/c1-3-14-27(15-4-1)36-26-37-41-35(24-13-25-38(41)43-42(37)34-23-12-7-18-29(34)36)40-32-21-10-8-19-30(32)39(28-16-5-2-6-17-28)31-20-9-11-22-33(31)40/h1-26H/i1D,3D,4D,7D,12D,14D,15D,18D,23D,26D. The summed E-state index contributed by atoms with van der Waals surface area (Å²) in [5, 5.41) is 4.38. The van der Waals surface area contributed by atoms with Gasteiger partial charge in [-0.25, -0.2) is 0 Å². The molecule has 9 aromatic rings. The van der Waals surface area contributed by atoms with Crippen LogP contribution in [-0.2, 0) is 0 Å². The summed E-state index contributed by atoms with van der Waals surface area (Å²) in [6, 6.07) is 26.5. The maximum absolute atomic E-state index is 9.82. The lowest BCUT2D eigenvalue weighted by Gasteiger charge is -2.18. The summed E-state index contributed by atoms with van der Waals surface area (Å²) < 4.78 is 94.4. The molecule has 0 amide bonds. The molecule has 1 heteroatoms. The molecule has 0 aliphatic heterocycles. The maximum atomic E-state index is 9.82. The Kier molecular flexibility index (Phi) is 3.53. The van der Waals surface area contributed by atoms with Gasteiger partial charge in [-0.1, -0.05) is 145 Å². The van der Waals surface area contributed by atoms with Gasteiger partial charge in [-0.15, -0.1) is 0 Å². The van der Waals surface area contributed by atoms with E-state index in [1.54, 1.807) is 6.07 Å². The molecule has 0 saturated carbocycles. The molecule has 0 saturated heterocycles. The molecule has 1 heterocycles. The number of benzene rings is 8. The first-order valence-corrected chi connectivity index (χ1v) is 14.0. The van der Waals surface area contributed by atoms with Gasteiger partial charge in [0.1, 0.15) is 11.2 Å². The zero-order valence-electron chi connectivity index (χ0n) is 32.6. The molecule has 8 aromatic carbocycles. The van der Waals surface area contributed by atoms with E-state index < -0.39 is 54.4 Å². The van der Waals surface area contributed by atoms with Crippen LogP contribution >= 0.6 is 0 Å². The molecule has 1 aromatic heterocycles. The molecule has 1 nitrogen and oxygen atoms in total. The second-order valence-corrected chi connectivity index (χ2v) is 10.4. The van der Waals surface area contributed by atoms with Crippen molar-refractivity contribution in [1.29, 1.82) is 0 Å². The van der Waals surface area contributed by atoms with Gasteiger partial charge in [0.05, 0.1) is 13.7 Å². The van der Waals surface area contributed by atoms with Crippen LogP contribution < -0.4 is 0 Å². The first kappa shape index (κ1) is 16.1. The van der Waals surface area contributed by atoms with Crippen molar-refractivity contribution in [2.75, 3.05) is 0 Å². The summed E-state index contributed by atoms with van der Waals surface area (Å²) in [4.78, 5) is 0. The molecule has 0 atom stereocenters. The summed E-state index contributed by atoms with van der Waals surface area (Å²) in [6.45, 7) is 0. The minimum Gasteiger partial charge on any atom is -0.455 e. The van der Waals surface area contributed by atoms with Crippen LogP contribution in [0.3, 0.4) is 0 Å². The van der Waals surface area contributed by atoms with Crippen molar-refractivity contribution in [2.45, 2.75) is 0 Å². The minimum atomic E-state index is -0.622. The first-order chi connectivity index (χ1) is 25.5. The maximum Gasteiger partial charge on any atom is 0.143 e. The van der Waals surface area contributed by atoms with Crippen LogP contribution in [0.5, 0.6) is 0 Å². The van der Waals surface area contributed by atoms with E-state index in [1.807, 2.05) is 54.6 Å². The van der Waals surface area contributed by atoms with E-state index in [2.05, 4.69) is 36.4 Å². The Labute approximate surface area is 263 Å². The lowest BCUT2D eigenvalue weighted by molar-refractivity contribution is 0.673. The van der Waals surface area contributed by atoms with Gasteiger partial charge in [0, 0.05) is 16.2 Å². The molecule has 0 aliphatic rings. The number of rotatable bonds is 3. The van der Waals surface area contributed by atoms with Crippen LogP contribution in [0.2, 0.25) is 0 Å². The Morgan fingerprint density at radius 1 is 0.419 bits per heavy atom. The van der Waals surface area contributed by atoms with E-state index in [0.717, 1.165) is 38.2 Å². The van der Waals surface area contributed by atoms with Crippen molar-refractivity contribution >= 4 is 54.3 Å². The lowest BCUT2D eigenvalue weighted by atomic mass is 9.84. The highest BCUT2D eigenvalue weighted by atomic mass is 16.3. The van der Waals surface area contributed by atoms with Gasteiger partial charge in [-0.3, -0.25) is 0 Å². The lowest BCUT2D eigenvalue weighted by Crippen LogP contribution is -1.91. The van der Waals surface area contributed by atoms with Crippen molar-refractivity contribution in [3.05, 3.63) is 157 Å². The largest absolute Gasteiger partial charge is 0.455 e. The minimum absolute atomic E-state index is 0.0416. The van der Waals surface area contributed by atoms with Gasteiger partial charge in [0.25, 0.3) is 0 Å². The zero-order valence-corrected chi connectivity index (χ0v) is 22.6. The topological polar surface area (TPSA) is 13.1 Å². The SMILES string of the molecule is [2H]c1c([2H])c([2H])c(-c2c([2H])c3c(oc4cccc(-c5c6ccccc6c(-c6ccccc6)c6ccccc56)c43)c3c([2H])c([2H])c([2H])c([2H])c23)c([2H])c1[2H]. The van der Waals surface area contributed by atoms with Crippen LogP contribution in [0.15, 0.2) is 162 Å². The normalized spacial score (nSPS) is 15.0. The van der Waals surface area contributed by atoms with E-state index in [1.165, 1.54) is 0 Å². The first-order valence-electron chi connectivity index (χ1n) is 19.0. The Balaban J connectivity index is 1.53. The van der Waals surface area contributed by atoms with E-state index in [9.17, 15) is 1.37 Å². The summed E-state index contributed by atoms with van der Waals surface area (Å²) >= 11 is 0. The van der Waals surface area contributed by atoms with Gasteiger partial charge < -0.3 is 4.42 Å². The Hall–Kier alpha value is -5.66. The number of hydrogen-bond acceptors (Lipinski definition) is 1. The average molecular weight is 557 g/mol. The Morgan fingerprint density at radius 3 is 1.72 bits per heavy atom. The van der Waals surface area contributed by atoms with Gasteiger partial charge in [0.2, 0.25) is 0 Å². The van der Waals surface area contributed by atoms with Gasteiger partial charge in [-0.05, 0) is 72.4 Å². The van der Waals surface area contributed by atoms with Crippen LogP contribution in [0.4, 0.5) is 0 Å². The van der Waals surface area contributed by atoms with Crippen LogP contribution in [-0.4, -0.2) is 0 Å². The monoisotopic (exact) mass is 556 g/mol.